The van der Waals surface area contributed by atoms with Gasteiger partial charge in [-0.2, -0.15) is 0 Å². The Morgan fingerprint density at radius 1 is 1.00 bits per heavy atom. The Morgan fingerprint density at radius 2 is 1.71 bits per heavy atom. The van der Waals surface area contributed by atoms with Crippen LogP contribution in [0.15, 0.2) is 67.0 Å². The Bertz CT molecular complexity index is 825. The summed E-state index contributed by atoms with van der Waals surface area (Å²) >= 11 is 5.67. The number of aliphatic hydroxyl groups is 1. The van der Waals surface area contributed by atoms with E-state index < -0.39 is 18.0 Å². The molecule has 0 bridgehead atoms. The average molecular weight is 343 g/mol. The van der Waals surface area contributed by atoms with Gasteiger partial charge in [-0.05, 0) is 40.5 Å². The molecule has 0 aliphatic heterocycles. The highest BCUT2D eigenvalue weighted by molar-refractivity contribution is 6.30. The highest BCUT2D eigenvalue weighted by Crippen LogP contribution is 2.30. The minimum atomic E-state index is -0.950. The maximum absolute atomic E-state index is 13.6. The molecule has 3 N–H and O–H groups in total. The van der Waals surface area contributed by atoms with Crippen LogP contribution in [0.2, 0.25) is 5.02 Å². The number of aliphatic hydroxyl groups excluding tert-OH is 1. The fourth-order valence-electron chi connectivity index (χ4n) is 2.52. The van der Waals surface area contributed by atoms with Gasteiger partial charge in [-0.15, -0.1) is 0 Å². The first kappa shape index (κ1) is 16.6. The molecule has 0 saturated heterocycles. The molecule has 1 heterocycles. The fourth-order valence-corrected chi connectivity index (χ4v) is 2.63. The van der Waals surface area contributed by atoms with E-state index >= 15 is 0 Å². The quantitative estimate of drug-likeness (QED) is 0.744. The van der Waals surface area contributed by atoms with E-state index in [-0.39, 0.29) is 5.02 Å². The molecule has 2 atom stereocenters. The number of hydrogen-bond donors (Lipinski definition) is 2. The third kappa shape index (κ3) is 3.46. The predicted octanol–water partition coefficient (Wildman–Crippen LogP) is 4.27. The standard InChI is InChI=1S/C19H16ClFN2O/c20-16-8-7-14(10-17(16)21)18(22)19(24)13-5-3-12(4-6-13)15-2-1-9-23-11-15/h1-11,18-19,24H,22H2. The van der Waals surface area contributed by atoms with E-state index in [9.17, 15) is 9.50 Å². The second kappa shape index (κ2) is 7.09. The van der Waals surface area contributed by atoms with E-state index in [4.69, 9.17) is 17.3 Å². The maximum atomic E-state index is 13.6. The second-order valence-electron chi connectivity index (χ2n) is 5.51. The molecule has 3 rings (SSSR count). The number of benzene rings is 2. The van der Waals surface area contributed by atoms with E-state index in [2.05, 4.69) is 4.98 Å². The van der Waals surface area contributed by atoms with Crippen molar-refractivity contribution in [2.24, 2.45) is 5.73 Å². The Balaban J connectivity index is 1.81. The number of nitrogens with zero attached hydrogens (tertiary/aromatic N) is 1. The molecule has 24 heavy (non-hydrogen) atoms. The van der Waals surface area contributed by atoms with Crippen molar-refractivity contribution in [1.82, 2.24) is 4.98 Å². The molecule has 0 fully saturated rings. The number of aromatic nitrogens is 1. The minimum absolute atomic E-state index is 0.0289. The highest BCUT2D eigenvalue weighted by Gasteiger charge is 2.20. The fraction of sp³-hybridized carbons (Fsp3) is 0.105. The summed E-state index contributed by atoms with van der Waals surface area (Å²) in [6.45, 7) is 0. The SMILES string of the molecule is NC(c1ccc(Cl)c(F)c1)C(O)c1ccc(-c2cccnc2)cc1. The van der Waals surface area contributed by atoms with Gasteiger partial charge in [-0.25, -0.2) is 4.39 Å². The lowest BCUT2D eigenvalue weighted by Gasteiger charge is -2.20. The molecule has 3 nitrogen and oxygen atoms in total. The molecule has 0 spiro atoms. The van der Waals surface area contributed by atoms with Crippen molar-refractivity contribution in [1.29, 1.82) is 0 Å². The van der Waals surface area contributed by atoms with Crippen LogP contribution >= 0.6 is 11.6 Å². The first-order valence-corrected chi connectivity index (χ1v) is 7.83. The molecule has 0 radical (unpaired) electrons. The van der Waals surface area contributed by atoms with Crippen molar-refractivity contribution in [3.05, 3.63) is 89.0 Å². The molecule has 0 amide bonds. The summed E-state index contributed by atoms with van der Waals surface area (Å²) in [5.74, 6) is -0.552. The van der Waals surface area contributed by atoms with Gasteiger partial charge >= 0.3 is 0 Å². The molecule has 0 aliphatic carbocycles. The van der Waals surface area contributed by atoms with Gasteiger partial charge in [0.1, 0.15) is 5.82 Å². The summed E-state index contributed by atoms with van der Waals surface area (Å²) in [7, 11) is 0. The molecule has 0 saturated carbocycles. The van der Waals surface area contributed by atoms with Crippen molar-refractivity contribution in [3.63, 3.8) is 0 Å². The summed E-state index contributed by atoms with van der Waals surface area (Å²) in [4.78, 5) is 4.09. The van der Waals surface area contributed by atoms with Gasteiger partial charge in [0, 0.05) is 12.4 Å². The predicted molar refractivity (Wildman–Crippen MR) is 93.0 cm³/mol. The van der Waals surface area contributed by atoms with Crippen molar-refractivity contribution in [2.45, 2.75) is 12.1 Å². The van der Waals surface area contributed by atoms with Crippen LogP contribution in [0.5, 0.6) is 0 Å². The van der Waals surface area contributed by atoms with Crippen LogP contribution in [0, 0.1) is 5.82 Å². The topological polar surface area (TPSA) is 59.1 Å². The third-order valence-electron chi connectivity index (χ3n) is 3.92. The van der Waals surface area contributed by atoms with Gasteiger partial charge in [0.25, 0.3) is 0 Å². The lowest BCUT2D eigenvalue weighted by molar-refractivity contribution is 0.147. The van der Waals surface area contributed by atoms with Gasteiger partial charge < -0.3 is 10.8 Å². The van der Waals surface area contributed by atoms with Crippen LogP contribution in [-0.4, -0.2) is 10.1 Å². The molecule has 5 heteroatoms. The van der Waals surface area contributed by atoms with Crippen LogP contribution in [0.3, 0.4) is 0 Å². The molecule has 2 aromatic carbocycles. The largest absolute Gasteiger partial charge is 0.386 e. The molecule has 122 valence electrons. The van der Waals surface area contributed by atoms with Crippen LogP contribution < -0.4 is 5.73 Å². The van der Waals surface area contributed by atoms with Crippen molar-refractivity contribution in [3.8, 4) is 11.1 Å². The lowest BCUT2D eigenvalue weighted by atomic mass is 9.95. The Hall–Kier alpha value is -2.27. The molecule has 2 unspecified atom stereocenters. The monoisotopic (exact) mass is 342 g/mol. The third-order valence-corrected chi connectivity index (χ3v) is 4.22. The minimum Gasteiger partial charge on any atom is -0.386 e. The first-order valence-electron chi connectivity index (χ1n) is 7.45. The summed E-state index contributed by atoms with van der Waals surface area (Å²) < 4.78 is 13.6. The average Bonchev–Trinajstić information content (AvgIpc) is 2.63. The van der Waals surface area contributed by atoms with Crippen LogP contribution in [0.4, 0.5) is 4.39 Å². The van der Waals surface area contributed by atoms with Gasteiger partial charge in [0.15, 0.2) is 0 Å². The van der Waals surface area contributed by atoms with Gasteiger partial charge in [-0.3, -0.25) is 4.98 Å². The normalized spacial score (nSPS) is 13.5. The highest BCUT2D eigenvalue weighted by atomic mass is 35.5. The Kier molecular flexibility index (Phi) is 4.90. The van der Waals surface area contributed by atoms with Crippen LogP contribution in [0.25, 0.3) is 11.1 Å². The Morgan fingerprint density at radius 3 is 2.33 bits per heavy atom. The first-order chi connectivity index (χ1) is 11.6. The Labute approximate surface area is 144 Å². The number of nitrogens with two attached hydrogens (primary N) is 1. The summed E-state index contributed by atoms with van der Waals surface area (Å²) in [5.41, 5.74) is 9.19. The lowest BCUT2D eigenvalue weighted by Crippen LogP contribution is -2.19. The number of rotatable bonds is 4. The maximum Gasteiger partial charge on any atom is 0.142 e. The number of hydrogen-bond acceptors (Lipinski definition) is 3. The zero-order chi connectivity index (χ0) is 17.1. The van der Waals surface area contributed by atoms with E-state index in [1.165, 1.54) is 12.1 Å². The zero-order valence-corrected chi connectivity index (χ0v) is 13.5. The summed E-state index contributed by atoms with van der Waals surface area (Å²) in [6.07, 6.45) is 2.54. The zero-order valence-electron chi connectivity index (χ0n) is 12.7. The van der Waals surface area contributed by atoms with Gasteiger partial charge in [-0.1, -0.05) is 48.0 Å². The molecule has 3 aromatic rings. The van der Waals surface area contributed by atoms with Crippen molar-refractivity contribution < 1.29 is 9.50 Å². The van der Waals surface area contributed by atoms with E-state index in [0.717, 1.165) is 11.1 Å². The molecular weight excluding hydrogens is 327 g/mol. The van der Waals surface area contributed by atoms with Crippen molar-refractivity contribution >= 4 is 11.6 Å². The summed E-state index contributed by atoms with van der Waals surface area (Å²) in [5, 5.41) is 10.5. The van der Waals surface area contributed by atoms with E-state index in [0.29, 0.717) is 11.1 Å². The second-order valence-corrected chi connectivity index (χ2v) is 5.92. The van der Waals surface area contributed by atoms with Crippen LogP contribution in [-0.2, 0) is 0 Å². The molecule has 0 aliphatic rings. The molecular formula is C19H16ClFN2O. The summed E-state index contributed by atoms with van der Waals surface area (Å²) in [6, 6.07) is 14.8. The van der Waals surface area contributed by atoms with Gasteiger partial charge in [0.2, 0.25) is 0 Å². The number of halogens is 2. The number of pyridine rings is 1. The smallest absolute Gasteiger partial charge is 0.142 e. The van der Waals surface area contributed by atoms with Gasteiger partial charge in [0.05, 0.1) is 17.2 Å². The molecule has 1 aromatic heterocycles. The van der Waals surface area contributed by atoms with Crippen LogP contribution in [0.1, 0.15) is 23.3 Å². The van der Waals surface area contributed by atoms with E-state index in [1.807, 2.05) is 24.3 Å². The van der Waals surface area contributed by atoms with Crippen molar-refractivity contribution in [2.75, 3.05) is 0 Å². The van der Waals surface area contributed by atoms with E-state index in [1.54, 1.807) is 30.6 Å².